The lowest BCUT2D eigenvalue weighted by atomic mass is 10.3. The van der Waals surface area contributed by atoms with E-state index in [-0.39, 0.29) is 0 Å². The third kappa shape index (κ3) is 3.57. The molecule has 0 saturated carbocycles. The lowest BCUT2D eigenvalue weighted by Gasteiger charge is -2.04. The molecule has 0 bridgehead atoms. The first-order chi connectivity index (χ1) is 7.36. The van der Waals surface area contributed by atoms with Gasteiger partial charge in [-0.25, -0.2) is 9.59 Å². The van der Waals surface area contributed by atoms with Gasteiger partial charge in [-0.15, -0.1) is 0 Å². The largest absolute Gasteiger partial charge is 0.526 e. The predicted molar refractivity (Wildman–Crippen MR) is 51.3 cm³/mol. The molecule has 0 fully saturated rings. The minimum atomic E-state index is -3.19. The number of methoxy groups -OCH3 is 2. The number of rotatable bonds is 5. The van der Waals surface area contributed by atoms with Crippen molar-refractivity contribution in [2.75, 3.05) is 14.2 Å². The number of esters is 2. The quantitative estimate of drug-likeness (QED) is 0.508. The summed E-state index contributed by atoms with van der Waals surface area (Å²) in [5, 5.41) is 0. The Kier molecular flexibility index (Phi) is 6.21. The molecule has 90 valence electrons. The zero-order valence-corrected chi connectivity index (χ0v) is 10.2. The summed E-state index contributed by atoms with van der Waals surface area (Å²) in [4.78, 5) is 39.9. The molecule has 0 aliphatic carbocycles. The monoisotopic (exact) mass is 272 g/mol. The summed E-state index contributed by atoms with van der Waals surface area (Å²) in [6.07, 6.45) is 0. The van der Waals surface area contributed by atoms with Crippen molar-refractivity contribution in [3.63, 3.8) is 0 Å². The van der Waals surface area contributed by atoms with Crippen LogP contribution >= 0.6 is 16.1 Å². The lowest BCUT2D eigenvalue weighted by Crippen LogP contribution is -2.36. The Bertz CT molecular complexity index is 294. The second kappa shape index (κ2) is 6.60. The van der Waals surface area contributed by atoms with E-state index in [9.17, 15) is 18.7 Å². The Morgan fingerprint density at radius 1 is 0.938 bits per heavy atom. The summed E-state index contributed by atoms with van der Waals surface area (Å²) >= 11 is 0. The van der Waals surface area contributed by atoms with E-state index in [1.807, 2.05) is 0 Å². The molecule has 0 aliphatic rings. The first kappa shape index (κ1) is 15.1. The van der Waals surface area contributed by atoms with Gasteiger partial charge in [-0.05, 0) is 9.13 Å². The van der Waals surface area contributed by atoms with E-state index < -0.39 is 39.3 Å². The molecule has 0 radical (unpaired) electrons. The minimum absolute atomic E-state index is 0.924. The molecule has 0 saturated heterocycles. The third-order valence-electron chi connectivity index (χ3n) is 1.66. The SMILES string of the molecule is COC(=O)[C@@H]([C@H](C(=O)OC)[P+](=O)O)[P+](=O)O. The van der Waals surface area contributed by atoms with Crippen LogP contribution in [0.1, 0.15) is 0 Å². The van der Waals surface area contributed by atoms with Gasteiger partial charge in [0, 0.05) is 0 Å². The molecule has 0 amide bonds. The van der Waals surface area contributed by atoms with Crippen molar-refractivity contribution in [1.29, 1.82) is 0 Å². The first-order valence-electron chi connectivity index (χ1n) is 3.83. The zero-order valence-electron chi connectivity index (χ0n) is 8.39. The first-order valence-corrected chi connectivity index (χ1v) is 6.39. The molecule has 0 heterocycles. The van der Waals surface area contributed by atoms with Crippen LogP contribution in [0.5, 0.6) is 0 Å². The fourth-order valence-electron chi connectivity index (χ4n) is 0.921. The van der Waals surface area contributed by atoms with Crippen molar-refractivity contribution in [1.82, 2.24) is 0 Å². The summed E-state index contributed by atoms with van der Waals surface area (Å²) in [6.45, 7) is 0. The van der Waals surface area contributed by atoms with Crippen LogP contribution in [-0.2, 0) is 28.2 Å². The molecule has 0 aromatic carbocycles. The van der Waals surface area contributed by atoms with Crippen LogP contribution in [0.3, 0.4) is 0 Å². The highest BCUT2D eigenvalue weighted by Gasteiger charge is 2.60. The Morgan fingerprint density at radius 3 is 1.31 bits per heavy atom. The van der Waals surface area contributed by atoms with E-state index in [2.05, 4.69) is 9.47 Å². The summed E-state index contributed by atoms with van der Waals surface area (Å²) < 4.78 is 30.1. The van der Waals surface area contributed by atoms with E-state index in [1.54, 1.807) is 0 Å². The van der Waals surface area contributed by atoms with E-state index in [0.29, 0.717) is 0 Å². The molecule has 0 aromatic heterocycles. The maximum absolute atomic E-state index is 11.1. The van der Waals surface area contributed by atoms with Gasteiger partial charge in [0.2, 0.25) is 0 Å². The Hall–Kier alpha value is -0.940. The molecule has 0 spiro atoms. The van der Waals surface area contributed by atoms with Crippen LogP contribution in [0, 0.1) is 0 Å². The molecular formula is C6H10O8P2+2. The van der Waals surface area contributed by atoms with Gasteiger partial charge in [-0.2, -0.15) is 9.79 Å². The van der Waals surface area contributed by atoms with Gasteiger partial charge in [-0.3, -0.25) is 0 Å². The van der Waals surface area contributed by atoms with Crippen molar-refractivity contribution in [2.24, 2.45) is 0 Å². The predicted octanol–water partition coefficient (Wildman–Crippen LogP) is -0.461. The molecule has 8 nitrogen and oxygen atoms in total. The van der Waals surface area contributed by atoms with Gasteiger partial charge in [0.25, 0.3) is 0 Å². The van der Waals surface area contributed by atoms with Gasteiger partial charge in [0.05, 0.1) is 14.2 Å². The van der Waals surface area contributed by atoms with Crippen LogP contribution in [0.2, 0.25) is 0 Å². The number of hydrogen-bond acceptors (Lipinski definition) is 6. The molecule has 2 N–H and O–H groups in total. The second-order valence-electron chi connectivity index (χ2n) is 2.54. The molecule has 2 unspecified atom stereocenters. The van der Waals surface area contributed by atoms with Crippen molar-refractivity contribution in [2.45, 2.75) is 11.3 Å². The highest BCUT2D eigenvalue weighted by atomic mass is 31.1. The standard InChI is InChI=1S/C6H8O8P2/c1-13-5(7)3(15(9)10)4(16(11)12)6(8)14-2/h3-4H,1-2H3/p+2/t3-,4-/m1/s1. The van der Waals surface area contributed by atoms with Crippen LogP contribution < -0.4 is 0 Å². The van der Waals surface area contributed by atoms with Gasteiger partial charge < -0.3 is 9.47 Å². The minimum Gasteiger partial charge on any atom is -0.465 e. The van der Waals surface area contributed by atoms with E-state index in [0.717, 1.165) is 14.2 Å². The maximum atomic E-state index is 11.1. The number of hydrogen-bond donors (Lipinski definition) is 2. The van der Waals surface area contributed by atoms with Crippen molar-refractivity contribution in [3.8, 4) is 0 Å². The number of carbonyl (C=O) groups excluding carboxylic acids is 2. The van der Waals surface area contributed by atoms with Crippen LogP contribution in [0.15, 0.2) is 0 Å². The average Bonchev–Trinajstić information content (AvgIpc) is 2.22. The average molecular weight is 272 g/mol. The summed E-state index contributed by atoms with van der Waals surface area (Å²) in [6, 6.07) is 0. The van der Waals surface area contributed by atoms with Gasteiger partial charge in [-0.1, -0.05) is 0 Å². The number of carbonyl (C=O) groups is 2. The smallest absolute Gasteiger partial charge is 0.465 e. The Balaban J connectivity index is 5.27. The molecule has 16 heavy (non-hydrogen) atoms. The molecule has 0 aromatic rings. The molecule has 0 aliphatic heterocycles. The Morgan fingerprint density at radius 2 is 1.19 bits per heavy atom. The molecular weight excluding hydrogens is 262 g/mol. The maximum Gasteiger partial charge on any atom is 0.526 e. The van der Waals surface area contributed by atoms with E-state index >= 15 is 0 Å². The third-order valence-corrected chi connectivity index (χ3v) is 3.87. The fraction of sp³-hybridized carbons (Fsp3) is 0.667. The topological polar surface area (TPSA) is 127 Å². The highest BCUT2D eigenvalue weighted by Crippen LogP contribution is 2.38. The summed E-state index contributed by atoms with van der Waals surface area (Å²) in [5.74, 6) is -2.45. The van der Waals surface area contributed by atoms with Gasteiger partial charge >= 0.3 is 39.3 Å². The molecule has 4 atom stereocenters. The van der Waals surface area contributed by atoms with Crippen LogP contribution in [0.4, 0.5) is 0 Å². The van der Waals surface area contributed by atoms with Crippen LogP contribution in [-0.4, -0.2) is 47.3 Å². The van der Waals surface area contributed by atoms with Crippen LogP contribution in [0.25, 0.3) is 0 Å². The zero-order chi connectivity index (χ0) is 12.9. The fourth-order valence-corrected chi connectivity index (χ4v) is 2.90. The Labute approximate surface area is 92.3 Å². The molecule has 10 heteroatoms. The second-order valence-corrected chi connectivity index (χ2v) is 4.86. The van der Waals surface area contributed by atoms with Gasteiger partial charge in [0.1, 0.15) is 0 Å². The summed E-state index contributed by atoms with van der Waals surface area (Å²) in [5.41, 5.74) is -3.83. The summed E-state index contributed by atoms with van der Waals surface area (Å²) in [7, 11) is -4.53. The van der Waals surface area contributed by atoms with Crippen molar-refractivity contribution < 1.29 is 38.0 Å². The lowest BCUT2D eigenvalue weighted by molar-refractivity contribution is -0.146. The van der Waals surface area contributed by atoms with Crippen molar-refractivity contribution in [3.05, 3.63) is 0 Å². The number of ether oxygens (including phenoxy) is 2. The normalized spacial score (nSPS) is 15.8. The highest BCUT2D eigenvalue weighted by molar-refractivity contribution is 7.45. The van der Waals surface area contributed by atoms with Crippen molar-refractivity contribution >= 4 is 28.0 Å². The van der Waals surface area contributed by atoms with Gasteiger partial charge in [0.15, 0.2) is 0 Å². The van der Waals surface area contributed by atoms with E-state index in [4.69, 9.17) is 9.79 Å². The molecule has 0 rings (SSSR count). The van der Waals surface area contributed by atoms with E-state index in [1.165, 1.54) is 0 Å².